The molecule has 0 atom stereocenters. The number of halogens is 3. The second-order valence-corrected chi connectivity index (χ2v) is 10.0. The van der Waals surface area contributed by atoms with Gasteiger partial charge in [-0.15, -0.1) is 0 Å². The first kappa shape index (κ1) is 22.2. The van der Waals surface area contributed by atoms with E-state index in [4.69, 9.17) is 26.6 Å². The predicted octanol–water partition coefficient (Wildman–Crippen LogP) is 8.56. The van der Waals surface area contributed by atoms with Crippen LogP contribution in [0.3, 0.4) is 0 Å². The SMILES string of the molecule is Clc1cccc(-c2nc(-c3ccc(Br)cc3)nc(-c3cc(I)cc(-c4ccccc4)c3)n2)c1. The molecule has 0 radical (unpaired) electrons. The second-order valence-electron chi connectivity index (χ2n) is 7.42. The van der Waals surface area contributed by atoms with Crippen LogP contribution in [-0.2, 0) is 0 Å². The Morgan fingerprint density at radius 1 is 0.545 bits per heavy atom. The molecule has 0 saturated carbocycles. The third-order valence-corrected chi connectivity index (χ3v) is 6.47. The summed E-state index contributed by atoms with van der Waals surface area (Å²) in [5.74, 6) is 1.82. The Bertz CT molecular complexity index is 1440. The summed E-state index contributed by atoms with van der Waals surface area (Å²) in [6, 6.07) is 32.2. The smallest absolute Gasteiger partial charge is 0.164 e. The van der Waals surface area contributed by atoms with Crippen molar-refractivity contribution >= 4 is 50.1 Å². The van der Waals surface area contributed by atoms with Crippen LogP contribution in [0.4, 0.5) is 0 Å². The van der Waals surface area contributed by atoms with Crippen LogP contribution in [0.25, 0.3) is 45.3 Å². The van der Waals surface area contributed by atoms with Crippen LogP contribution in [0.1, 0.15) is 0 Å². The molecular weight excluding hydrogens is 609 g/mol. The summed E-state index contributed by atoms with van der Waals surface area (Å²) in [6.45, 7) is 0. The highest BCUT2D eigenvalue weighted by molar-refractivity contribution is 14.1. The highest BCUT2D eigenvalue weighted by Gasteiger charge is 2.14. The van der Waals surface area contributed by atoms with Crippen LogP contribution in [0.15, 0.2) is 102 Å². The van der Waals surface area contributed by atoms with Crippen molar-refractivity contribution in [1.29, 1.82) is 0 Å². The number of nitrogens with zero attached hydrogens (tertiary/aromatic N) is 3. The maximum absolute atomic E-state index is 6.26. The molecule has 0 bridgehead atoms. The molecule has 4 aromatic carbocycles. The van der Waals surface area contributed by atoms with E-state index in [1.807, 2.05) is 66.7 Å². The molecule has 0 aliphatic rings. The Morgan fingerprint density at radius 3 is 1.85 bits per heavy atom. The summed E-state index contributed by atoms with van der Waals surface area (Å²) in [5, 5.41) is 0.639. The third-order valence-electron chi connectivity index (χ3n) is 5.08. The van der Waals surface area contributed by atoms with Gasteiger partial charge in [-0.2, -0.15) is 0 Å². The molecule has 6 heteroatoms. The van der Waals surface area contributed by atoms with Gasteiger partial charge in [0.25, 0.3) is 0 Å². The molecule has 0 saturated heterocycles. The van der Waals surface area contributed by atoms with Gasteiger partial charge in [0.2, 0.25) is 0 Å². The zero-order valence-corrected chi connectivity index (χ0v) is 21.7. The van der Waals surface area contributed by atoms with E-state index in [2.05, 4.69) is 68.9 Å². The largest absolute Gasteiger partial charge is 0.208 e. The first-order valence-corrected chi connectivity index (χ1v) is 12.4. The summed E-state index contributed by atoms with van der Waals surface area (Å²) in [5.41, 5.74) is 4.96. The molecule has 0 N–H and O–H groups in total. The van der Waals surface area contributed by atoms with Gasteiger partial charge in [-0.1, -0.05) is 82.1 Å². The Morgan fingerprint density at radius 2 is 1.15 bits per heavy atom. The average Bonchev–Trinajstić information content (AvgIpc) is 2.84. The standard InChI is InChI=1S/C27H16BrClIN3/c28-22-11-9-18(10-12-22)25-31-26(19-7-4-8-23(29)14-19)33-27(32-25)21-13-20(15-24(30)16-21)17-5-2-1-3-6-17/h1-16H. The van der Waals surface area contributed by atoms with Crippen LogP contribution in [-0.4, -0.2) is 15.0 Å². The summed E-state index contributed by atoms with van der Waals surface area (Å²) in [4.78, 5) is 14.5. The van der Waals surface area contributed by atoms with E-state index in [1.165, 1.54) is 0 Å². The minimum atomic E-state index is 0.584. The quantitative estimate of drug-likeness (QED) is 0.188. The highest BCUT2D eigenvalue weighted by Crippen LogP contribution is 2.30. The first-order chi connectivity index (χ1) is 16.0. The Balaban J connectivity index is 1.70. The van der Waals surface area contributed by atoms with Crippen LogP contribution in [0, 0.1) is 3.57 Å². The zero-order chi connectivity index (χ0) is 22.8. The third kappa shape index (κ3) is 5.16. The summed E-state index contributed by atoms with van der Waals surface area (Å²) in [7, 11) is 0. The van der Waals surface area contributed by atoms with Gasteiger partial charge in [-0.3, -0.25) is 0 Å². The first-order valence-electron chi connectivity index (χ1n) is 10.2. The normalized spacial score (nSPS) is 10.9. The van der Waals surface area contributed by atoms with Gasteiger partial charge >= 0.3 is 0 Å². The van der Waals surface area contributed by atoms with Crippen LogP contribution < -0.4 is 0 Å². The molecule has 0 spiro atoms. The fourth-order valence-electron chi connectivity index (χ4n) is 3.51. The van der Waals surface area contributed by atoms with Gasteiger partial charge < -0.3 is 0 Å². The summed E-state index contributed by atoms with van der Waals surface area (Å²) in [6.07, 6.45) is 0. The van der Waals surface area contributed by atoms with Crippen molar-refractivity contribution in [2.75, 3.05) is 0 Å². The zero-order valence-electron chi connectivity index (χ0n) is 17.2. The van der Waals surface area contributed by atoms with Crippen molar-refractivity contribution in [3.05, 3.63) is 110 Å². The van der Waals surface area contributed by atoms with Gasteiger partial charge in [-0.05, 0) is 76.2 Å². The molecule has 0 amide bonds. The lowest BCUT2D eigenvalue weighted by atomic mass is 10.0. The molecule has 1 heterocycles. The second kappa shape index (κ2) is 9.71. The van der Waals surface area contributed by atoms with E-state index >= 15 is 0 Å². The summed E-state index contributed by atoms with van der Waals surface area (Å²) < 4.78 is 2.11. The van der Waals surface area contributed by atoms with Gasteiger partial charge in [0.05, 0.1) is 0 Å². The highest BCUT2D eigenvalue weighted by atomic mass is 127. The van der Waals surface area contributed by atoms with E-state index in [0.717, 1.165) is 35.9 Å². The van der Waals surface area contributed by atoms with Crippen molar-refractivity contribution in [2.24, 2.45) is 0 Å². The lowest BCUT2D eigenvalue weighted by Crippen LogP contribution is -2.00. The lowest BCUT2D eigenvalue weighted by molar-refractivity contribution is 1.07. The minimum absolute atomic E-state index is 0.584. The van der Waals surface area contributed by atoms with E-state index < -0.39 is 0 Å². The van der Waals surface area contributed by atoms with E-state index in [0.29, 0.717) is 22.5 Å². The van der Waals surface area contributed by atoms with Gasteiger partial charge in [0, 0.05) is 29.8 Å². The van der Waals surface area contributed by atoms with Crippen LogP contribution in [0.5, 0.6) is 0 Å². The molecule has 0 unspecified atom stereocenters. The van der Waals surface area contributed by atoms with E-state index in [1.54, 1.807) is 0 Å². The van der Waals surface area contributed by atoms with E-state index in [-0.39, 0.29) is 0 Å². The number of rotatable bonds is 4. The van der Waals surface area contributed by atoms with Crippen LogP contribution >= 0.6 is 50.1 Å². The van der Waals surface area contributed by atoms with Crippen molar-refractivity contribution in [3.8, 4) is 45.3 Å². The number of aromatic nitrogens is 3. The van der Waals surface area contributed by atoms with Crippen molar-refractivity contribution < 1.29 is 0 Å². The number of hydrogen-bond donors (Lipinski definition) is 0. The maximum Gasteiger partial charge on any atom is 0.164 e. The monoisotopic (exact) mass is 623 g/mol. The number of benzene rings is 4. The predicted molar refractivity (Wildman–Crippen MR) is 147 cm³/mol. The molecule has 5 aromatic rings. The fraction of sp³-hybridized carbons (Fsp3) is 0. The molecule has 5 rings (SSSR count). The molecule has 0 aliphatic heterocycles. The molecule has 0 fully saturated rings. The molecule has 33 heavy (non-hydrogen) atoms. The molecule has 3 nitrogen and oxygen atoms in total. The average molecular weight is 625 g/mol. The Labute approximate surface area is 219 Å². The fourth-order valence-corrected chi connectivity index (χ4v) is 4.63. The number of hydrogen-bond acceptors (Lipinski definition) is 3. The van der Waals surface area contributed by atoms with Gasteiger partial charge in [-0.25, -0.2) is 15.0 Å². The lowest BCUT2D eigenvalue weighted by Gasteiger charge is -2.10. The van der Waals surface area contributed by atoms with E-state index in [9.17, 15) is 0 Å². The molecule has 0 aliphatic carbocycles. The molecule has 1 aromatic heterocycles. The molecule has 160 valence electrons. The van der Waals surface area contributed by atoms with Crippen molar-refractivity contribution in [1.82, 2.24) is 15.0 Å². The van der Waals surface area contributed by atoms with Crippen molar-refractivity contribution in [2.45, 2.75) is 0 Å². The van der Waals surface area contributed by atoms with Crippen LogP contribution in [0.2, 0.25) is 5.02 Å². The molecular formula is C27H16BrClIN3. The Kier molecular flexibility index (Phi) is 6.53. The summed E-state index contributed by atoms with van der Waals surface area (Å²) >= 11 is 12.1. The van der Waals surface area contributed by atoms with Gasteiger partial charge in [0.15, 0.2) is 17.5 Å². The maximum atomic E-state index is 6.26. The minimum Gasteiger partial charge on any atom is -0.208 e. The topological polar surface area (TPSA) is 38.7 Å². The van der Waals surface area contributed by atoms with Gasteiger partial charge in [0.1, 0.15) is 0 Å². The van der Waals surface area contributed by atoms with Crippen molar-refractivity contribution in [3.63, 3.8) is 0 Å². The Hall–Kier alpha value is -2.61.